The van der Waals surface area contributed by atoms with Crippen molar-refractivity contribution in [1.29, 1.82) is 0 Å². The maximum absolute atomic E-state index is 13.0. The molecule has 41 heavy (non-hydrogen) atoms. The van der Waals surface area contributed by atoms with Crippen LogP contribution < -0.4 is 21.1 Å². The number of ether oxygens (including phenoxy) is 1. The quantitative estimate of drug-likeness (QED) is 0.212. The van der Waals surface area contributed by atoms with E-state index >= 15 is 0 Å². The van der Waals surface area contributed by atoms with Gasteiger partial charge < -0.3 is 30.6 Å². The lowest BCUT2D eigenvalue weighted by Gasteiger charge is -2.23. The molecule has 0 aliphatic carbocycles. The Labute approximate surface area is 243 Å². The molecule has 0 radical (unpaired) electrons. The number of nitrogen functional groups attached to an aromatic ring is 1. The number of benzene rings is 2. The van der Waals surface area contributed by atoms with Crippen molar-refractivity contribution in [2.24, 2.45) is 0 Å². The molecule has 0 spiro atoms. The zero-order valence-electron chi connectivity index (χ0n) is 22.3. The highest BCUT2D eigenvalue weighted by Gasteiger charge is 2.24. The summed E-state index contributed by atoms with van der Waals surface area (Å²) >= 11 is 3.44. The summed E-state index contributed by atoms with van der Waals surface area (Å²) < 4.78 is 14.2. The Morgan fingerprint density at radius 3 is 2.66 bits per heavy atom. The number of aliphatic carboxylic acids is 1. The third kappa shape index (κ3) is 6.00. The third-order valence-electron chi connectivity index (χ3n) is 6.60. The number of nitrogens with one attached hydrogen (secondary N) is 2. The molecule has 12 nitrogen and oxygen atoms in total. The zero-order chi connectivity index (χ0) is 29.1. The zero-order valence-corrected chi connectivity index (χ0v) is 23.9. The largest absolute Gasteiger partial charge is 0.495 e. The van der Waals surface area contributed by atoms with E-state index in [9.17, 15) is 4.79 Å². The van der Waals surface area contributed by atoms with Gasteiger partial charge in [0.1, 0.15) is 29.2 Å². The number of carboxylic acid groups (broad SMARTS) is 1. The van der Waals surface area contributed by atoms with Crippen LogP contribution in [0.4, 0.5) is 11.5 Å². The van der Waals surface area contributed by atoms with Gasteiger partial charge in [0.05, 0.1) is 24.2 Å². The third-order valence-corrected chi connectivity index (χ3v) is 7.09. The van der Waals surface area contributed by atoms with Crippen LogP contribution in [-0.2, 0) is 4.79 Å². The SMILES string of the molecule is CC(=O)O.COc1cc(-c2nn(C3CCNCC3)c3ncnc(N)c23)ccc1NC(=O)c1cc2cc(Br)ccc2o1. The van der Waals surface area contributed by atoms with Gasteiger partial charge in [-0.05, 0) is 62.3 Å². The molecule has 0 atom stereocenters. The molecule has 0 bridgehead atoms. The number of anilines is 2. The van der Waals surface area contributed by atoms with E-state index in [0.717, 1.165) is 48.3 Å². The predicted molar refractivity (Wildman–Crippen MR) is 158 cm³/mol. The number of fused-ring (bicyclic) bond motifs is 2. The van der Waals surface area contributed by atoms with Crippen molar-refractivity contribution in [2.75, 3.05) is 31.2 Å². The van der Waals surface area contributed by atoms with Crippen molar-refractivity contribution in [2.45, 2.75) is 25.8 Å². The number of carbonyl (C=O) groups is 2. The Hall–Kier alpha value is -4.49. The van der Waals surface area contributed by atoms with Crippen molar-refractivity contribution in [1.82, 2.24) is 25.1 Å². The Kier molecular flexibility index (Phi) is 8.17. The first-order valence-electron chi connectivity index (χ1n) is 12.8. The Morgan fingerprint density at radius 1 is 1.17 bits per heavy atom. The first-order chi connectivity index (χ1) is 19.7. The van der Waals surface area contributed by atoms with E-state index < -0.39 is 5.97 Å². The van der Waals surface area contributed by atoms with Gasteiger partial charge in [-0.2, -0.15) is 5.10 Å². The van der Waals surface area contributed by atoms with Gasteiger partial charge in [0.15, 0.2) is 11.4 Å². The molecular weight excluding hydrogens is 594 g/mol. The lowest BCUT2D eigenvalue weighted by Crippen LogP contribution is -2.30. The number of piperidine rings is 1. The van der Waals surface area contributed by atoms with Crippen LogP contribution in [0.5, 0.6) is 5.75 Å². The highest BCUT2D eigenvalue weighted by molar-refractivity contribution is 9.10. The molecule has 13 heteroatoms. The fourth-order valence-corrected chi connectivity index (χ4v) is 5.13. The maximum Gasteiger partial charge on any atom is 0.300 e. The van der Waals surface area contributed by atoms with Gasteiger partial charge in [-0.25, -0.2) is 14.6 Å². The fourth-order valence-electron chi connectivity index (χ4n) is 4.76. The second-order valence-corrected chi connectivity index (χ2v) is 10.3. The molecule has 212 valence electrons. The molecular formula is C28H28BrN7O5. The normalized spacial score (nSPS) is 13.5. The summed E-state index contributed by atoms with van der Waals surface area (Å²) in [5.74, 6) is -0.162. The molecule has 1 aliphatic heterocycles. The summed E-state index contributed by atoms with van der Waals surface area (Å²) in [4.78, 5) is 30.7. The van der Waals surface area contributed by atoms with Crippen LogP contribution in [0, 0.1) is 0 Å². The average Bonchev–Trinajstić information content (AvgIpc) is 3.56. The smallest absolute Gasteiger partial charge is 0.300 e. The molecule has 4 heterocycles. The summed E-state index contributed by atoms with van der Waals surface area (Å²) in [6.07, 6.45) is 3.37. The minimum atomic E-state index is -0.833. The number of rotatable bonds is 5. The van der Waals surface area contributed by atoms with Crippen LogP contribution in [0.15, 0.2) is 57.7 Å². The monoisotopic (exact) mass is 621 g/mol. The number of amides is 1. The minimum absolute atomic E-state index is 0.205. The molecule has 1 saturated heterocycles. The number of methoxy groups -OCH3 is 1. The first kappa shape index (κ1) is 28.1. The van der Waals surface area contributed by atoms with Gasteiger partial charge in [0, 0.05) is 22.3 Å². The summed E-state index contributed by atoms with van der Waals surface area (Å²) in [6, 6.07) is 13.0. The number of furan rings is 1. The number of carbonyl (C=O) groups excluding carboxylic acids is 1. The van der Waals surface area contributed by atoms with E-state index in [1.807, 2.05) is 35.0 Å². The molecule has 0 unspecified atom stereocenters. The molecule has 3 aromatic heterocycles. The summed E-state index contributed by atoms with van der Waals surface area (Å²) in [7, 11) is 1.55. The average molecular weight is 622 g/mol. The maximum atomic E-state index is 13.0. The second-order valence-electron chi connectivity index (χ2n) is 9.41. The van der Waals surface area contributed by atoms with Gasteiger partial charge in [-0.1, -0.05) is 22.0 Å². The van der Waals surface area contributed by atoms with Gasteiger partial charge in [0.25, 0.3) is 11.9 Å². The minimum Gasteiger partial charge on any atom is -0.495 e. The van der Waals surface area contributed by atoms with E-state index in [4.69, 9.17) is 29.9 Å². The molecule has 5 aromatic rings. The number of carboxylic acids is 1. The standard InChI is InChI=1S/C26H24BrN7O3.C2H4O2/c1-36-20-11-14(2-4-18(20)32-26(35)21-12-15-10-16(27)3-5-19(15)37-21)23-22-24(28)30-13-31-25(22)34(33-23)17-6-8-29-9-7-17;1-2(3)4/h2-5,10-13,17,29H,6-9H2,1H3,(H,32,35)(H2,28,30,31);1H3,(H,3,4). The van der Waals surface area contributed by atoms with Crippen molar-refractivity contribution in [3.05, 3.63) is 59.0 Å². The number of aromatic nitrogens is 4. The van der Waals surface area contributed by atoms with Crippen molar-refractivity contribution < 1.29 is 23.8 Å². The number of nitrogens with zero attached hydrogens (tertiary/aromatic N) is 4. The predicted octanol–water partition coefficient (Wildman–Crippen LogP) is 4.86. The van der Waals surface area contributed by atoms with Gasteiger partial charge in [-0.3, -0.25) is 9.59 Å². The summed E-state index contributed by atoms with van der Waals surface area (Å²) in [5.41, 5.74) is 9.59. The van der Waals surface area contributed by atoms with Crippen molar-refractivity contribution in [3.8, 4) is 17.0 Å². The van der Waals surface area contributed by atoms with Crippen molar-refractivity contribution in [3.63, 3.8) is 0 Å². The molecule has 1 fully saturated rings. The fraction of sp³-hybridized carbons (Fsp3) is 0.250. The topological polar surface area (TPSA) is 170 Å². The first-order valence-corrected chi connectivity index (χ1v) is 13.6. The van der Waals surface area contributed by atoms with Crippen molar-refractivity contribution >= 4 is 61.3 Å². The summed E-state index contributed by atoms with van der Waals surface area (Å²) in [6.45, 7) is 2.93. The molecule has 1 amide bonds. The van der Waals surface area contributed by atoms with Crippen LogP contribution in [0.1, 0.15) is 36.4 Å². The Morgan fingerprint density at radius 2 is 1.93 bits per heavy atom. The Bertz CT molecular complexity index is 1740. The van der Waals surface area contributed by atoms with E-state index in [-0.39, 0.29) is 17.7 Å². The van der Waals surface area contributed by atoms with Gasteiger partial charge >= 0.3 is 0 Å². The number of nitrogens with two attached hydrogens (primary N) is 1. The molecule has 5 N–H and O–H groups in total. The molecule has 1 aliphatic rings. The van der Waals surface area contributed by atoms with Gasteiger partial charge in [-0.15, -0.1) is 0 Å². The van der Waals surface area contributed by atoms with Crippen LogP contribution in [0.3, 0.4) is 0 Å². The van der Waals surface area contributed by atoms with E-state index in [1.54, 1.807) is 19.2 Å². The van der Waals surface area contributed by atoms with Gasteiger partial charge in [0.2, 0.25) is 0 Å². The lowest BCUT2D eigenvalue weighted by molar-refractivity contribution is -0.134. The lowest BCUT2D eigenvalue weighted by atomic mass is 10.1. The Balaban J connectivity index is 0.000000794. The number of hydrogen-bond donors (Lipinski definition) is 4. The molecule has 2 aromatic carbocycles. The van der Waals surface area contributed by atoms with Crippen LogP contribution >= 0.6 is 15.9 Å². The molecule has 0 saturated carbocycles. The highest BCUT2D eigenvalue weighted by Crippen LogP contribution is 2.37. The van der Waals surface area contributed by atoms with Crippen LogP contribution in [0.2, 0.25) is 0 Å². The molecule has 6 rings (SSSR count). The summed E-state index contributed by atoms with van der Waals surface area (Å²) in [5, 5.41) is 20.2. The van der Waals surface area contributed by atoms with E-state index in [1.165, 1.54) is 6.33 Å². The highest BCUT2D eigenvalue weighted by atomic mass is 79.9. The second kappa shape index (κ2) is 11.9. The number of hydrogen-bond acceptors (Lipinski definition) is 9. The number of halogens is 1. The van der Waals surface area contributed by atoms with Crippen LogP contribution in [-0.4, -0.2) is 56.9 Å². The van der Waals surface area contributed by atoms with Crippen LogP contribution in [0.25, 0.3) is 33.3 Å². The van der Waals surface area contributed by atoms with E-state index in [0.29, 0.717) is 39.6 Å². The van der Waals surface area contributed by atoms with E-state index in [2.05, 4.69) is 36.5 Å².